The molecule has 25 heavy (non-hydrogen) atoms. The second-order valence-corrected chi connectivity index (χ2v) is 5.80. The van der Waals surface area contributed by atoms with Crippen molar-refractivity contribution in [1.29, 1.82) is 0 Å². The molecule has 4 heteroatoms. The van der Waals surface area contributed by atoms with Crippen LogP contribution in [-0.2, 0) is 19.0 Å². The van der Waals surface area contributed by atoms with Crippen LogP contribution in [0.4, 0.5) is 0 Å². The number of aldehydes is 1. The first-order valence-electron chi connectivity index (χ1n) is 8.93. The standard InChI is InChI=1S/C21H34O4/c1-6-10-19(16-21(24-5)17-23-4)12-9-8-11-18(3)15-20(7-2)25-14-13-22/h7,10,13,15-16H,6,8-9,11-12,14,17H2,1-5H3/b18-15+,19-10-,20-7+,21-16+. The summed E-state index contributed by atoms with van der Waals surface area (Å²) in [6.07, 6.45) is 14.2. The van der Waals surface area contributed by atoms with E-state index in [4.69, 9.17) is 14.2 Å². The zero-order chi connectivity index (χ0) is 18.9. The van der Waals surface area contributed by atoms with Crippen molar-refractivity contribution >= 4 is 6.29 Å². The Hall–Kier alpha value is -1.81. The van der Waals surface area contributed by atoms with Gasteiger partial charge in [0.05, 0.1) is 7.11 Å². The number of ether oxygens (including phenoxy) is 3. The number of hydrogen-bond donors (Lipinski definition) is 0. The Morgan fingerprint density at radius 2 is 1.80 bits per heavy atom. The minimum Gasteiger partial charge on any atom is -0.499 e. The highest BCUT2D eigenvalue weighted by atomic mass is 16.5. The van der Waals surface area contributed by atoms with Crippen LogP contribution < -0.4 is 0 Å². The summed E-state index contributed by atoms with van der Waals surface area (Å²) >= 11 is 0. The van der Waals surface area contributed by atoms with Crippen molar-refractivity contribution in [2.75, 3.05) is 27.4 Å². The number of unbranched alkanes of at least 4 members (excludes halogenated alkanes) is 1. The third kappa shape index (κ3) is 12.2. The van der Waals surface area contributed by atoms with Crippen molar-refractivity contribution in [3.8, 4) is 0 Å². The molecule has 0 atom stereocenters. The van der Waals surface area contributed by atoms with Gasteiger partial charge in [0.15, 0.2) is 6.29 Å². The van der Waals surface area contributed by atoms with Crippen molar-refractivity contribution in [3.05, 3.63) is 47.0 Å². The second kappa shape index (κ2) is 15.7. The third-order valence-corrected chi connectivity index (χ3v) is 3.64. The minimum atomic E-state index is 0.101. The monoisotopic (exact) mass is 350 g/mol. The molecule has 0 radical (unpaired) electrons. The second-order valence-electron chi connectivity index (χ2n) is 5.80. The molecule has 0 aliphatic carbocycles. The number of carbonyl (C=O) groups is 1. The quantitative estimate of drug-likeness (QED) is 0.189. The predicted octanol–water partition coefficient (Wildman–Crippen LogP) is 5.13. The molecule has 0 fully saturated rings. The smallest absolute Gasteiger partial charge is 0.157 e. The first kappa shape index (κ1) is 23.2. The fourth-order valence-corrected chi connectivity index (χ4v) is 2.39. The third-order valence-electron chi connectivity index (χ3n) is 3.64. The molecule has 0 bridgehead atoms. The van der Waals surface area contributed by atoms with Crippen LogP contribution in [0.15, 0.2) is 47.0 Å². The molecule has 142 valence electrons. The number of carbonyl (C=O) groups excluding carboxylic acids is 1. The van der Waals surface area contributed by atoms with Crippen molar-refractivity contribution in [2.24, 2.45) is 0 Å². The van der Waals surface area contributed by atoms with E-state index in [1.54, 1.807) is 14.2 Å². The summed E-state index contributed by atoms with van der Waals surface area (Å²) in [6.45, 7) is 6.74. The fourth-order valence-electron chi connectivity index (χ4n) is 2.39. The van der Waals surface area contributed by atoms with Crippen LogP contribution in [0, 0.1) is 0 Å². The number of hydrogen-bond acceptors (Lipinski definition) is 4. The average molecular weight is 350 g/mol. The lowest BCUT2D eigenvalue weighted by Crippen LogP contribution is -1.98. The molecule has 0 heterocycles. The van der Waals surface area contributed by atoms with Crippen molar-refractivity contribution < 1.29 is 19.0 Å². The summed E-state index contributed by atoms with van der Waals surface area (Å²) in [5.74, 6) is 1.60. The lowest BCUT2D eigenvalue weighted by atomic mass is 10.0. The van der Waals surface area contributed by atoms with Crippen LogP contribution in [0.1, 0.15) is 52.9 Å². The van der Waals surface area contributed by atoms with Gasteiger partial charge in [-0.15, -0.1) is 0 Å². The van der Waals surface area contributed by atoms with Crippen LogP contribution in [0.3, 0.4) is 0 Å². The molecule has 0 aromatic heterocycles. The van der Waals surface area contributed by atoms with Gasteiger partial charge in [-0.25, -0.2) is 0 Å². The Morgan fingerprint density at radius 1 is 1.08 bits per heavy atom. The summed E-state index contributed by atoms with van der Waals surface area (Å²) in [7, 11) is 3.34. The van der Waals surface area contributed by atoms with E-state index in [-0.39, 0.29) is 6.61 Å². The normalized spacial score (nSPS) is 13.8. The van der Waals surface area contributed by atoms with E-state index in [0.29, 0.717) is 6.61 Å². The summed E-state index contributed by atoms with van der Waals surface area (Å²) in [6, 6.07) is 0. The van der Waals surface area contributed by atoms with E-state index in [1.807, 2.05) is 19.1 Å². The van der Waals surface area contributed by atoms with Crippen LogP contribution in [0.25, 0.3) is 0 Å². The molecule has 0 unspecified atom stereocenters. The van der Waals surface area contributed by atoms with Crippen LogP contribution in [-0.4, -0.2) is 33.7 Å². The molecule has 0 aliphatic rings. The first-order chi connectivity index (χ1) is 12.1. The molecular formula is C21H34O4. The molecule has 4 nitrogen and oxygen atoms in total. The topological polar surface area (TPSA) is 44.8 Å². The largest absolute Gasteiger partial charge is 0.499 e. The summed E-state index contributed by atoms with van der Waals surface area (Å²) < 4.78 is 15.8. The molecule has 0 rings (SSSR count). The highest BCUT2D eigenvalue weighted by molar-refractivity contribution is 5.51. The molecule has 0 N–H and O–H groups in total. The van der Waals surface area contributed by atoms with Crippen molar-refractivity contribution in [1.82, 2.24) is 0 Å². The van der Waals surface area contributed by atoms with E-state index in [9.17, 15) is 4.79 Å². The molecular weight excluding hydrogens is 316 g/mol. The van der Waals surface area contributed by atoms with Gasteiger partial charge in [0.1, 0.15) is 24.7 Å². The SMILES string of the molecule is C/C=C(\C=C(/C)CCCCC(=C/CC)/C=C(\COC)OC)OCC=O. The fraction of sp³-hybridized carbons (Fsp3) is 0.571. The van der Waals surface area contributed by atoms with E-state index < -0.39 is 0 Å². The maximum absolute atomic E-state index is 10.4. The summed E-state index contributed by atoms with van der Waals surface area (Å²) in [5.41, 5.74) is 2.55. The van der Waals surface area contributed by atoms with Gasteiger partial charge in [-0.1, -0.05) is 18.6 Å². The lowest BCUT2D eigenvalue weighted by Gasteiger charge is -2.09. The highest BCUT2D eigenvalue weighted by Gasteiger charge is 2.01. The first-order valence-corrected chi connectivity index (χ1v) is 8.93. The zero-order valence-electron chi connectivity index (χ0n) is 16.5. The van der Waals surface area contributed by atoms with E-state index >= 15 is 0 Å². The number of rotatable bonds is 14. The molecule has 0 saturated heterocycles. The van der Waals surface area contributed by atoms with E-state index in [1.165, 1.54) is 11.1 Å². The van der Waals surface area contributed by atoms with Gasteiger partial charge in [-0.05, 0) is 69.8 Å². The molecule has 0 amide bonds. The van der Waals surface area contributed by atoms with Gasteiger partial charge in [0, 0.05) is 7.11 Å². The minimum absolute atomic E-state index is 0.101. The number of methoxy groups -OCH3 is 2. The van der Waals surface area contributed by atoms with Crippen LogP contribution >= 0.6 is 0 Å². The van der Waals surface area contributed by atoms with E-state index in [2.05, 4.69) is 26.0 Å². The summed E-state index contributed by atoms with van der Waals surface area (Å²) in [5, 5.41) is 0. The Balaban J connectivity index is 4.46. The molecule has 0 aliphatic heterocycles. The van der Waals surface area contributed by atoms with Crippen LogP contribution in [0.2, 0.25) is 0 Å². The van der Waals surface area contributed by atoms with Crippen LogP contribution in [0.5, 0.6) is 0 Å². The van der Waals surface area contributed by atoms with Gasteiger partial charge >= 0.3 is 0 Å². The van der Waals surface area contributed by atoms with E-state index in [0.717, 1.165) is 49.9 Å². The molecule has 0 saturated carbocycles. The molecule has 0 aromatic carbocycles. The van der Waals surface area contributed by atoms with Crippen molar-refractivity contribution in [3.63, 3.8) is 0 Å². The lowest BCUT2D eigenvalue weighted by molar-refractivity contribution is -0.110. The summed E-state index contributed by atoms with van der Waals surface area (Å²) in [4.78, 5) is 10.4. The zero-order valence-corrected chi connectivity index (χ0v) is 16.5. The molecule has 0 spiro atoms. The van der Waals surface area contributed by atoms with Gasteiger partial charge in [0.2, 0.25) is 0 Å². The maximum Gasteiger partial charge on any atom is 0.157 e. The number of allylic oxidation sites excluding steroid dienone is 6. The van der Waals surface area contributed by atoms with Gasteiger partial charge in [-0.2, -0.15) is 0 Å². The van der Waals surface area contributed by atoms with Gasteiger partial charge in [-0.3, -0.25) is 4.79 Å². The Morgan fingerprint density at radius 3 is 2.36 bits per heavy atom. The maximum atomic E-state index is 10.4. The Labute approximate surface area is 153 Å². The molecule has 0 aromatic rings. The van der Waals surface area contributed by atoms with Gasteiger partial charge in [0.25, 0.3) is 0 Å². The highest BCUT2D eigenvalue weighted by Crippen LogP contribution is 2.17. The Bertz CT molecular complexity index is 484. The van der Waals surface area contributed by atoms with Crippen molar-refractivity contribution in [2.45, 2.75) is 52.9 Å². The van der Waals surface area contributed by atoms with Gasteiger partial charge < -0.3 is 14.2 Å². The average Bonchev–Trinajstić information content (AvgIpc) is 2.61. The Kier molecular flexibility index (Phi) is 14.6. The predicted molar refractivity (Wildman–Crippen MR) is 103 cm³/mol.